The van der Waals surface area contributed by atoms with E-state index in [0.29, 0.717) is 35.9 Å². The van der Waals surface area contributed by atoms with Crippen LogP contribution in [0.5, 0.6) is 11.5 Å². The van der Waals surface area contributed by atoms with Gasteiger partial charge in [-0.2, -0.15) is 4.98 Å². The minimum atomic E-state index is 0.0710. The van der Waals surface area contributed by atoms with Crippen LogP contribution in [0.25, 0.3) is 11.1 Å². The van der Waals surface area contributed by atoms with Gasteiger partial charge >= 0.3 is 0 Å². The second-order valence-corrected chi connectivity index (χ2v) is 6.51. The van der Waals surface area contributed by atoms with Gasteiger partial charge in [0.1, 0.15) is 23.6 Å². The van der Waals surface area contributed by atoms with Crippen molar-refractivity contribution < 1.29 is 19.0 Å². The zero-order valence-electron chi connectivity index (χ0n) is 16.9. The Bertz CT molecular complexity index is 1020. The molecule has 0 aliphatic rings. The molecule has 2 aromatic carbocycles. The molecule has 0 saturated heterocycles. The van der Waals surface area contributed by atoms with Crippen molar-refractivity contribution in [2.45, 2.75) is 13.3 Å². The SMILES string of the molecule is CCOc1cc(Cc2cnc(N)nc2N)cc(OCOC)c1-c1ccc(C=O)cc1. The van der Waals surface area contributed by atoms with Crippen molar-refractivity contribution in [1.29, 1.82) is 0 Å². The lowest BCUT2D eigenvalue weighted by molar-refractivity contribution is 0.0513. The Morgan fingerprint density at radius 1 is 1.07 bits per heavy atom. The minimum absolute atomic E-state index is 0.0710. The number of benzene rings is 2. The van der Waals surface area contributed by atoms with Gasteiger partial charge in [0.25, 0.3) is 0 Å². The highest BCUT2D eigenvalue weighted by molar-refractivity contribution is 5.81. The van der Waals surface area contributed by atoms with Crippen LogP contribution in [0, 0.1) is 0 Å². The fraction of sp³-hybridized carbons (Fsp3) is 0.227. The van der Waals surface area contributed by atoms with E-state index in [1.165, 1.54) is 0 Å². The maximum absolute atomic E-state index is 11.0. The fourth-order valence-electron chi connectivity index (χ4n) is 3.06. The van der Waals surface area contributed by atoms with Gasteiger partial charge in [0.15, 0.2) is 6.79 Å². The molecule has 0 saturated carbocycles. The van der Waals surface area contributed by atoms with Gasteiger partial charge in [-0.1, -0.05) is 24.3 Å². The molecule has 1 aromatic heterocycles. The number of nitrogens with zero attached hydrogens (tertiary/aromatic N) is 2. The lowest BCUT2D eigenvalue weighted by Crippen LogP contribution is -2.06. The molecular formula is C22H24N4O4. The number of nitrogens with two attached hydrogens (primary N) is 2. The van der Waals surface area contributed by atoms with Gasteiger partial charge in [-0.05, 0) is 30.2 Å². The number of carbonyl (C=O) groups excluding carboxylic acids is 1. The average Bonchev–Trinajstić information content (AvgIpc) is 2.74. The Morgan fingerprint density at radius 3 is 2.37 bits per heavy atom. The monoisotopic (exact) mass is 408 g/mol. The van der Waals surface area contributed by atoms with Crippen molar-refractivity contribution in [3.8, 4) is 22.6 Å². The first-order valence-electron chi connectivity index (χ1n) is 9.39. The summed E-state index contributed by atoms with van der Waals surface area (Å²) in [4.78, 5) is 19.0. The Morgan fingerprint density at radius 2 is 1.77 bits per heavy atom. The van der Waals surface area contributed by atoms with E-state index >= 15 is 0 Å². The van der Waals surface area contributed by atoms with Crippen LogP contribution in [-0.4, -0.2) is 36.8 Å². The molecule has 0 aliphatic carbocycles. The molecule has 0 amide bonds. The second kappa shape index (κ2) is 9.71. The third-order valence-corrected chi connectivity index (χ3v) is 4.40. The molecule has 156 valence electrons. The highest BCUT2D eigenvalue weighted by Gasteiger charge is 2.17. The van der Waals surface area contributed by atoms with Gasteiger partial charge in [-0.15, -0.1) is 0 Å². The summed E-state index contributed by atoms with van der Waals surface area (Å²) in [7, 11) is 1.55. The van der Waals surface area contributed by atoms with Crippen LogP contribution < -0.4 is 20.9 Å². The summed E-state index contributed by atoms with van der Waals surface area (Å²) in [6.07, 6.45) is 2.89. The van der Waals surface area contributed by atoms with Gasteiger partial charge in [0, 0.05) is 30.9 Å². The summed E-state index contributed by atoms with van der Waals surface area (Å²) in [5.41, 5.74) is 15.4. The van der Waals surface area contributed by atoms with Crippen molar-refractivity contribution in [3.63, 3.8) is 0 Å². The van der Waals surface area contributed by atoms with E-state index in [9.17, 15) is 4.79 Å². The number of nitrogen functional groups attached to an aromatic ring is 2. The summed E-state index contributed by atoms with van der Waals surface area (Å²) < 4.78 is 16.9. The summed E-state index contributed by atoms with van der Waals surface area (Å²) in [6.45, 7) is 2.45. The Labute approximate surface area is 174 Å². The van der Waals surface area contributed by atoms with Gasteiger partial charge < -0.3 is 25.7 Å². The number of methoxy groups -OCH3 is 1. The number of aromatic nitrogens is 2. The van der Waals surface area contributed by atoms with Crippen LogP contribution in [0.3, 0.4) is 0 Å². The first-order chi connectivity index (χ1) is 14.5. The van der Waals surface area contributed by atoms with Gasteiger partial charge in [0.2, 0.25) is 5.95 Å². The molecule has 3 aromatic rings. The average molecular weight is 408 g/mol. The van der Waals surface area contributed by atoms with Gasteiger partial charge in [0.05, 0.1) is 12.2 Å². The van der Waals surface area contributed by atoms with Crippen LogP contribution in [0.1, 0.15) is 28.4 Å². The molecular weight excluding hydrogens is 384 g/mol. The zero-order valence-corrected chi connectivity index (χ0v) is 16.9. The van der Waals surface area contributed by atoms with Crippen LogP contribution in [0.4, 0.5) is 11.8 Å². The van der Waals surface area contributed by atoms with E-state index in [0.717, 1.165) is 28.5 Å². The number of hydrogen-bond acceptors (Lipinski definition) is 8. The molecule has 0 spiro atoms. The topological polar surface area (TPSA) is 123 Å². The zero-order chi connectivity index (χ0) is 21.5. The Kier molecular flexibility index (Phi) is 6.82. The van der Waals surface area contributed by atoms with Crippen molar-refractivity contribution in [2.24, 2.45) is 0 Å². The normalized spacial score (nSPS) is 10.6. The minimum Gasteiger partial charge on any atom is -0.493 e. The molecule has 0 radical (unpaired) electrons. The molecule has 8 nitrogen and oxygen atoms in total. The fourth-order valence-corrected chi connectivity index (χ4v) is 3.06. The summed E-state index contributed by atoms with van der Waals surface area (Å²) in [6, 6.07) is 11.0. The maximum Gasteiger partial charge on any atom is 0.221 e. The molecule has 1 heterocycles. The third kappa shape index (κ3) is 4.84. The summed E-state index contributed by atoms with van der Waals surface area (Å²) >= 11 is 0. The van der Waals surface area contributed by atoms with Crippen molar-refractivity contribution in [2.75, 3.05) is 32.0 Å². The van der Waals surface area contributed by atoms with Crippen molar-refractivity contribution in [1.82, 2.24) is 9.97 Å². The first kappa shape index (κ1) is 21.1. The van der Waals surface area contributed by atoms with E-state index in [1.54, 1.807) is 25.4 Å². The molecule has 8 heteroatoms. The van der Waals surface area contributed by atoms with Crippen LogP contribution >= 0.6 is 0 Å². The molecule has 0 aliphatic heterocycles. The number of carbonyl (C=O) groups is 1. The lowest BCUT2D eigenvalue weighted by atomic mass is 9.97. The number of ether oxygens (including phenoxy) is 3. The molecule has 0 fully saturated rings. The molecule has 4 N–H and O–H groups in total. The van der Waals surface area contributed by atoms with Crippen LogP contribution in [-0.2, 0) is 11.2 Å². The predicted octanol–water partition coefficient (Wildman–Crippen LogP) is 3.09. The van der Waals surface area contributed by atoms with E-state index in [1.807, 2.05) is 31.2 Å². The predicted molar refractivity (Wildman–Crippen MR) is 115 cm³/mol. The Balaban J connectivity index is 2.08. The largest absolute Gasteiger partial charge is 0.493 e. The van der Waals surface area contributed by atoms with E-state index < -0.39 is 0 Å². The second-order valence-electron chi connectivity index (χ2n) is 6.51. The highest BCUT2D eigenvalue weighted by atomic mass is 16.7. The van der Waals surface area contributed by atoms with E-state index in [-0.39, 0.29) is 12.7 Å². The number of hydrogen-bond donors (Lipinski definition) is 2. The first-order valence-corrected chi connectivity index (χ1v) is 9.39. The molecule has 0 atom stereocenters. The van der Waals surface area contributed by atoms with Crippen molar-refractivity contribution >= 4 is 18.1 Å². The molecule has 0 unspecified atom stereocenters. The highest BCUT2D eigenvalue weighted by Crippen LogP contribution is 2.40. The molecule has 0 bridgehead atoms. The van der Waals surface area contributed by atoms with Crippen LogP contribution in [0.15, 0.2) is 42.6 Å². The smallest absolute Gasteiger partial charge is 0.221 e. The van der Waals surface area contributed by atoms with Crippen molar-refractivity contribution in [3.05, 3.63) is 59.3 Å². The standard InChI is InChI=1S/C22H24N4O4/c1-3-29-18-9-15(8-17-11-25-22(24)26-21(17)23)10-19(30-13-28-2)20(18)16-6-4-14(12-27)5-7-16/h4-7,9-12H,3,8,13H2,1-2H3,(H4,23,24,25,26). The van der Waals surface area contributed by atoms with E-state index in [4.69, 9.17) is 25.7 Å². The lowest BCUT2D eigenvalue weighted by Gasteiger charge is -2.18. The van der Waals surface area contributed by atoms with Gasteiger partial charge in [-0.3, -0.25) is 4.79 Å². The number of anilines is 2. The number of rotatable bonds is 9. The third-order valence-electron chi connectivity index (χ3n) is 4.40. The van der Waals surface area contributed by atoms with Gasteiger partial charge in [-0.25, -0.2) is 4.98 Å². The Hall–Kier alpha value is -3.65. The molecule has 3 rings (SSSR count). The summed E-state index contributed by atoms with van der Waals surface area (Å²) in [5.74, 6) is 1.69. The van der Waals surface area contributed by atoms with E-state index in [2.05, 4.69) is 9.97 Å². The van der Waals surface area contributed by atoms with Crippen LogP contribution in [0.2, 0.25) is 0 Å². The maximum atomic E-state index is 11.0. The number of aldehydes is 1. The summed E-state index contributed by atoms with van der Waals surface area (Å²) in [5, 5.41) is 0. The molecule has 30 heavy (non-hydrogen) atoms. The quantitative estimate of drug-likeness (QED) is 0.409.